The van der Waals surface area contributed by atoms with Crippen LogP contribution in [0.3, 0.4) is 0 Å². The summed E-state index contributed by atoms with van der Waals surface area (Å²) in [5.74, 6) is 0.480. The van der Waals surface area contributed by atoms with Crippen molar-refractivity contribution in [2.75, 3.05) is 0 Å². The lowest BCUT2D eigenvalue weighted by atomic mass is 9.57. The number of nitrogens with one attached hydrogen (secondary N) is 1. The van der Waals surface area contributed by atoms with E-state index in [0.29, 0.717) is 0 Å². The van der Waals surface area contributed by atoms with Crippen LogP contribution in [0.25, 0.3) is 0 Å². The first kappa shape index (κ1) is 9.41. The highest BCUT2D eigenvalue weighted by molar-refractivity contribution is 5.97. The Morgan fingerprint density at radius 2 is 2.12 bits per heavy atom. The van der Waals surface area contributed by atoms with Crippen LogP contribution in [0, 0.1) is 23.2 Å². The summed E-state index contributed by atoms with van der Waals surface area (Å²) in [6, 6.07) is 10.1. The quantitative estimate of drug-likeness (QED) is 0.711. The lowest BCUT2D eigenvalue weighted by Gasteiger charge is -2.50. The summed E-state index contributed by atoms with van der Waals surface area (Å²) in [6.07, 6.45) is 0. The number of benzene rings is 1. The first-order valence-corrected chi connectivity index (χ1v) is 5.53. The second-order valence-electron chi connectivity index (χ2n) is 4.63. The Kier molecular flexibility index (Phi) is 1.81. The van der Waals surface area contributed by atoms with Gasteiger partial charge in [-0.3, -0.25) is 4.79 Å². The molecule has 1 fully saturated rings. The lowest BCUT2D eigenvalue weighted by Crippen LogP contribution is -2.60. The van der Waals surface area contributed by atoms with Crippen LogP contribution in [0.1, 0.15) is 28.8 Å². The largest absolute Gasteiger partial charge is 0.348 e. The van der Waals surface area contributed by atoms with Crippen LogP contribution >= 0.6 is 0 Å². The number of fused-ring (bicyclic) bond motifs is 3. The molecule has 1 amide bonds. The smallest absolute Gasteiger partial charge is 0.251 e. The summed E-state index contributed by atoms with van der Waals surface area (Å²) >= 11 is 0. The van der Waals surface area contributed by atoms with Gasteiger partial charge >= 0.3 is 0 Å². The molecule has 0 radical (unpaired) electrons. The van der Waals surface area contributed by atoms with Gasteiger partial charge in [0.25, 0.3) is 5.91 Å². The van der Waals surface area contributed by atoms with E-state index in [-0.39, 0.29) is 29.7 Å². The van der Waals surface area contributed by atoms with E-state index >= 15 is 0 Å². The molecule has 0 spiro atoms. The van der Waals surface area contributed by atoms with E-state index in [1.54, 1.807) is 0 Å². The Labute approximate surface area is 94.1 Å². The van der Waals surface area contributed by atoms with Gasteiger partial charge in [-0.25, -0.2) is 0 Å². The average molecular weight is 212 g/mol. The van der Waals surface area contributed by atoms with E-state index in [1.165, 1.54) is 0 Å². The highest BCUT2D eigenvalue weighted by atomic mass is 16.1. The van der Waals surface area contributed by atoms with Crippen LogP contribution in [-0.2, 0) is 0 Å². The van der Waals surface area contributed by atoms with E-state index in [2.05, 4.69) is 11.4 Å². The predicted octanol–water partition coefficient (Wildman–Crippen LogP) is 1.67. The van der Waals surface area contributed by atoms with Gasteiger partial charge in [-0.05, 0) is 17.5 Å². The van der Waals surface area contributed by atoms with Crippen LogP contribution in [-0.4, -0.2) is 11.9 Å². The molecule has 1 aromatic carbocycles. The molecule has 3 heteroatoms. The van der Waals surface area contributed by atoms with Crippen LogP contribution in [0.2, 0.25) is 0 Å². The maximum Gasteiger partial charge on any atom is 0.251 e. The molecule has 3 nitrogen and oxygen atoms in total. The summed E-state index contributed by atoms with van der Waals surface area (Å²) in [4.78, 5) is 11.8. The minimum atomic E-state index is 0.0000831. The summed E-state index contributed by atoms with van der Waals surface area (Å²) in [5, 5.41) is 12.1. The fourth-order valence-electron chi connectivity index (χ4n) is 2.98. The monoisotopic (exact) mass is 212 g/mol. The zero-order valence-corrected chi connectivity index (χ0v) is 8.97. The Balaban J connectivity index is 2.10. The zero-order chi connectivity index (χ0) is 11.3. The molecule has 1 N–H and O–H groups in total. The Morgan fingerprint density at radius 3 is 2.88 bits per heavy atom. The standard InChI is InChI=1S/C13H12N2O/c1-7-10(6-14)11-8-4-2-3-5-9(8)13(16)15-12(7)11/h2-5,7,10-12H,1H3,(H,15,16)/t7-,10+,11-,12+/m1/s1. The third kappa shape index (κ3) is 0.992. The van der Waals surface area contributed by atoms with E-state index in [4.69, 9.17) is 5.26 Å². The van der Waals surface area contributed by atoms with E-state index in [1.807, 2.05) is 31.2 Å². The molecule has 0 bridgehead atoms. The van der Waals surface area contributed by atoms with Crippen molar-refractivity contribution in [3.8, 4) is 6.07 Å². The summed E-state index contributed by atoms with van der Waals surface area (Å²) in [7, 11) is 0. The molecule has 1 heterocycles. The van der Waals surface area contributed by atoms with Crippen molar-refractivity contribution in [2.45, 2.75) is 18.9 Å². The summed E-state index contributed by atoms with van der Waals surface area (Å²) < 4.78 is 0. The number of hydrogen-bond donors (Lipinski definition) is 1. The van der Waals surface area contributed by atoms with Crippen molar-refractivity contribution < 1.29 is 4.79 Å². The molecule has 3 rings (SSSR count). The highest BCUT2D eigenvalue weighted by Crippen LogP contribution is 2.49. The third-order valence-corrected chi connectivity index (χ3v) is 3.92. The van der Waals surface area contributed by atoms with E-state index in [9.17, 15) is 4.79 Å². The van der Waals surface area contributed by atoms with Crippen LogP contribution in [0.15, 0.2) is 24.3 Å². The molecular weight excluding hydrogens is 200 g/mol. The van der Waals surface area contributed by atoms with Gasteiger partial charge in [0.2, 0.25) is 0 Å². The number of hydrogen-bond acceptors (Lipinski definition) is 2. The Morgan fingerprint density at radius 1 is 1.38 bits per heavy atom. The Hall–Kier alpha value is -1.82. The van der Waals surface area contributed by atoms with Gasteiger partial charge in [0.15, 0.2) is 0 Å². The summed E-state index contributed by atoms with van der Waals surface area (Å²) in [6.45, 7) is 2.03. The molecule has 1 aliphatic heterocycles. The first-order valence-electron chi connectivity index (χ1n) is 5.53. The molecular formula is C13H12N2O. The highest BCUT2D eigenvalue weighted by Gasteiger charge is 2.52. The fraction of sp³-hybridized carbons (Fsp3) is 0.385. The molecule has 1 aromatic rings. The van der Waals surface area contributed by atoms with Gasteiger partial charge in [-0.1, -0.05) is 25.1 Å². The van der Waals surface area contributed by atoms with Crippen molar-refractivity contribution in [1.29, 1.82) is 5.26 Å². The zero-order valence-electron chi connectivity index (χ0n) is 8.97. The topological polar surface area (TPSA) is 52.9 Å². The second kappa shape index (κ2) is 3.08. The number of rotatable bonds is 0. The minimum absolute atomic E-state index is 0.0000831. The fourth-order valence-corrected chi connectivity index (χ4v) is 2.98. The summed E-state index contributed by atoms with van der Waals surface area (Å²) in [5.41, 5.74) is 1.77. The molecule has 0 saturated heterocycles. The molecule has 0 unspecified atom stereocenters. The average Bonchev–Trinajstić information content (AvgIpc) is 2.32. The normalized spacial score (nSPS) is 35.1. The maximum atomic E-state index is 11.8. The second-order valence-corrected chi connectivity index (χ2v) is 4.63. The van der Waals surface area contributed by atoms with Gasteiger partial charge in [-0.15, -0.1) is 0 Å². The lowest BCUT2D eigenvalue weighted by molar-refractivity contribution is 0.0710. The number of amides is 1. The van der Waals surface area contributed by atoms with Crippen LogP contribution in [0.5, 0.6) is 0 Å². The molecule has 1 saturated carbocycles. The van der Waals surface area contributed by atoms with Gasteiger partial charge in [-0.2, -0.15) is 5.26 Å². The number of carbonyl (C=O) groups excluding carboxylic acids is 1. The third-order valence-electron chi connectivity index (χ3n) is 3.92. The van der Waals surface area contributed by atoms with Gasteiger partial charge in [0, 0.05) is 17.5 Å². The number of carbonyl (C=O) groups is 1. The van der Waals surface area contributed by atoms with Gasteiger partial charge < -0.3 is 5.32 Å². The van der Waals surface area contributed by atoms with E-state index in [0.717, 1.165) is 11.1 Å². The predicted molar refractivity (Wildman–Crippen MR) is 58.7 cm³/mol. The van der Waals surface area contributed by atoms with Crippen molar-refractivity contribution in [2.24, 2.45) is 11.8 Å². The first-order chi connectivity index (χ1) is 7.74. The van der Waals surface area contributed by atoms with E-state index < -0.39 is 0 Å². The number of nitrogens with zero attached hydrogens (tertiary/aromatic N) is 1. The maximum absolute atomic E-state index is 11.8. The van der Waals surface area contributed by atoms with Crippen LogP contribution < -0.4 is 5.32 Å². The molecule has 80 valence electrons. The molecule has 4 atom stereocenters. The Bertz CT molecular complexity index is 503. The molecule has 16 heavy (non-hydrogen) atoms. The van der Waals surface area contributed by atoms with Crippen LogP contribution in [0.4, 0.5) is 0 Å². The molecule has 2 aliphatic rings. The van der Waals surface area contributed by atoms with Crippen molar-refractivity contribution in [3.05, 3.63) is 35.4 Å². The van der Waals surface area contributed by atoms with Gasteiger partial charge in [0.05, 0.1) is 12.0 Å². The van der Waals surface area contributed by atoms with Gasteiger partial charge in [0.1, 0.15) is 0 Å². The van der Waals surface area contributed by atoms with Crippen molar-refractivity contribution >= 4 is 5.91 Å². The van der Waals surface area contributed by atoms with Crippen molar-refractivity contribution in [1.82, 2.24) is 5.32 Å². The minimum Gasteiger partial charge on any atom is -0.348 e. The molecule has 1 aliphatic carbocycles. The molecule has 0 aromatic heterocycles. The van der Waals surface area contributed by atoms with Crippen molar-refractivity contribution in [3.63, 3.8) is 0 Å². The SMILES string of the molecule is C[C@@H]1[C@H](C#N)[C@H]2c3ccccc3C(=O)N[C@@H]12. The number of nitriles is 1.